The Kier molecular flexibility index (Phi) is 8.71. The molecule has 26 heavy (non-hydrogen) atoms. The molecule has 0 atom stereocenters. The largest absolute Gasteiger partial charge is 0.379 e. The maximum Gasteiger partial charge on any atom is 0.296 e. The molecule has 0 fully saturated rings. The second-order valence-electron chi connectivity index (χ2n) is 4.68. The highest BCUT2D eigenvalue weighted by Gasteiger charge is 2.28. The molecule has 0 spiro atoms. The summed E-state index contributed by atoms with van der Waals surface area (Å²) in [7, 11) is -4.25. The van der Waals surface area contributed by atoms with E-state index in [0.717, 1.165) is 12.1 Å². The average Bonchev–Trinajstić information content (AvgIpc) is 2.59. The molecule has 1 radical (unpaired) electrons. The maximum atomic E-state index is 12.1. The standard InChI is InChI=1S/C13H16N3O9S/c17-5-1-6-24-8-9-25-7-4-14-26(22,23)13-3-2-11(15(18)19)10-12(13)16(20)21/h2-3,10,14H,1,4,6-9H2. The molecular weight excluding hydrogens is 374 g/mol. The molecular formula is C13H16N3O9S. The lowest BCUT2D eigenvalue weighted by Gasteiger charge is -2.08. The van der Waals surface area contributed by atoms with Crippen LogP contribution in [0, 0.1) is 20.2 Å². The van der Waals surface area contributed by atoms with Crippen LogP contribution in [0.1, 0.15) is 6.42 Å². The van der Waals surface area contributed by atoms with Gasteiger partial charge in [0.15, 0.2) is 4.90 Å². The number of hydrogen-bond acceptors (Lipinski definition) is 9. The van der Waals surface area contributed by atoms with E-state index in [1.165, 1.54) is 0 Å². The molecule has 1 rings (SSSR count). The summed E-state index contributed by atoms with van der Waals surface area (Å²) in [6.07, 6.45) is 1.80. The minimum absolute atomic E-state index is 0.0246. The number of sulfonamides is 1. The van der Waals surface area contributed by atoms with Gasteiger partial charge < -0.3 is 9.47 Å². The van der Waals surface area contributed by atoms with E-state index in [0.29, 0.717) is 6.07 Å². The number of nitrogens with zero attached hydrogens (tertiary/aromatic N) is 2. The van der Waals surface area contributed by atoms with Crippen molar-refractivity contribution in [1.29, 1.82) is 0 Å². The first-order chi connectivity index (χ1) is 12.3. The topological polar surface area (TPSA) is 168 Å². The fourth-order valence-corrected chi connectivity index (χ4v) is 2.91. The van der Waals surface area contributed by atoms with Crippen molar-refractivity contribution in [3.05, 3.63) is 38.4 Å². The van der Waals surface area contributed by atoms with E-state index in [2.05, 4.69) is 4.72 Å². The van der Waals surface area contributed by atoms with E-state index < -0.39 is 36.1 Å². The summed E-state index contributed by atoms with van der Waals surface area (Å²) < 4.78 is 36.5. The Morgan fingerprint density at radius 2 is 1.69 bits per heavy atom. The Bertz CT molecular complexity index is 751. The van der Waals surface area contributed by atoms with Gasteiger partial charge in [0.25, 0.3) is 11.4 Å². The van der Waals surface area contributed by atoms with Gasteiger partial charge in [0.1, 0.15) is 0 Å². The molecule has 0 saturated heterocycles. The average molecular weight is 390 g/mol. The van der Waals surface area contributed by atoms with Crippen molar-refractivity contribution < 1.29 is 32.5 Å². The van der Waals surface area contributed by atoms with E-state index in [1.807, 2.05) is 0 Å². The highest BCUT2D eigenvalue weighted by Crippen LogP contribution is 2.28. The monoisotopic (exact) mass is 390 g/mol. The first-order valence-corrected chi connectivity index (χ1v) is 8.71. The van der Waals surface area contributed by atoms with Gasteiger partial charge in [0.05, 0.1) is 42.3 Å². The summed E-state index contributed by atoms with van der Waals surface area (Å²) in [5.74, 6) is 0. The molecule has 0 aliphatic heterocycles. The van der Waals surface area contributed by atoms with Crippen LogP contribution < -0.4 is 4.72 Å². The molecule has 13 heteroatoms. The summed E-state index contributed by atoms with van der Waals surface area (Å²) in [6, 6.07) is 2.25. The van der Waals surface area contributed by atoms with Crippen molar-refractivity contribution >= 4 is 27.7 Å². The fraction of sp³-hybridized carbons (Fsp3) is 0.462. The second kappa shape index (κ2) is 10.5. The van der Waals surface area contributed by atoms with Gasteiger partial charge in [-0.25, -0.2) is 13.1 Å². The van der Waals surface area contributed by atoms with Crippen LogP contribution in [0.4, 0.5) is 11.4 Å². The third-order valence-electron chi connectivity index (χ3n) is 2.90. The quantitative estimate of drug-likeness (QED) is 0.283. The van der Waals surface area contributed by atoms with E-state index in [9.17, 15) is 33.4 Å². The zero-order valence-corrected chi connectivity index (χ0v) is 14.3. The normalized spacial score (nSPS) is 11.2. The van der Waals surface area contributed by atoms with Crippen molar-refractivity contribution in [2.24, 2.45) is 0 Å². The van der Waals surface area contributed by atoms with Crippen molar-refractivity contribution in [1.82, 2.24) is 4.72 Å². The summed E-state index contributed by atoms with van der Waals surface area (Å²) in [6.45, 7) is 0.394. The van der Waals surface area contributed by atoms with Crippen LogP contribution in [0.25, 0.3) is 0 Å². The van der Waals surface area contributed by atoms with Crippen LogP contribution in [0.2, 0.25) is 0 Å². The van der Waals surface area contributed by atoms with Crippen molar-refractivity contribution in [2.45, 2.75) is 11.3 Å². The van der Waals surface area contributed by atoms with Gasteiger partial charge in [-0.2, -0.15) is 0 Å². The summed E-state index contributed by atoms with van der Waals surface area (Å²) >= 11 is 0. The van der Waals surface area contributed by atoms with Gasteiger partial charge in [-0.1, -0.05) is 0 Å². The lowest BCUT2D eigenvalue weighted by atomic mass is 10.3. The van der Waals surface area contributed by atoms with Crippen LogP contribution in [-0.2, 0) is 24.3 Å². The Morgan fingerprint density at radius 3 is 2.27 bits per heavy atom. The summed E-state index contributed by atoms with van der Waals surface area (Å²) in [5.41, 5.74) is -1.49. The number of carbonyl (C=O) groups excluding carboxylic acids is 1. The predicted octanol–water partition coefficient (Wildman–Crippen LogP) is 0.314. The molecule has 0 aliphatic rings. The third kappa shape index (κ3) is 6.79. The van der Waals surface area contributed by atoms with Crippen molar-refractivity contribution in [3.63, 3.8) is 0 Å². The first kappa shape index (κ1) is 21.6. The lowest BCUT2D eigenvalue weighted by Crippen LogP contribution is -2.28. The maximum absolute atomic E-state index is 12.1. The van der Waals surface area contributed by atoms with Gasteiger partial charge in [-0.05, 0) is 6.07 Å². The minimum Gasteiger partial charge on any atom is -0.379 e. The number of nitro benzene ring substituents is 2. The van der Waals surface area contributed by atoms with E-state index in [1.54, 1.807) is 6.29 Å². The van der Waals surface area contributed by atoms with Gasteiger partial charge in [0, 0.05) is 19.0 Å². The number of benzene rings is 1. The molecule has 0 aromatic heterocycles. The SMILES string of the molecule is O=[C]CCOCCOCCNS(=O)(=O)c1ccc([N+](=O)[O-])cc1[N+](=O)[O-]. The Hall–Kier alpha value is -2.48. The fourth-order valence-electron chi connectivity index (χ4n) is 1.75. The minimum atomic E-state index is -4.25. The molecule has 0 saturated carbocycles. The van der Waals surface area contributed by atoms with Crippen molar-refractivity contribution in [3.8, 4) is 0 Å². The number of nitrogens with one attached hydrogen (secondary N) is 1. The van der Waals surface area contributed by atoms with Gasteiger partial charge >= 0.3 is 0 Å². The third-order valence-corrected chi connectivity index (χ3v) is 4.41. The molecule has 1 aromatic rings. The predicted molar refractivity (Wildman–Crippen MR) is 86.9 cm³/mol. The number of non-ortho nitro benzene ring substituents is 1. The number of hydrogen-bond donors (Lipinski definition) is 1. The number of nitro groups is 2. The Balaban J connectivity index is 2.58. The van der Waals surface area contributed by atoms with E-state index >= 15 is 0 Å². The van der Waals surface area contributed by atoms with Crippen molar-refractivity contribution in [2.75, 3.05) is 33.0 Å². The van der Waals surface area contributed by atoms with Crippen LogP contribution in [0.3, 0.4) is 0 Å². The molecule has 0 unspecified atom stereocenters. The molecule has 143 valence electrons. The Morgan fingerprint density at radius 1 is 1.04 bits per heavy atom. The highest BCUT2D eigenvalue weighted by atomic mass is 32.2. The highest BCUT2D eigenvalue weighted by molar-refractivity contribution is 7.89. The zero-order chi connectivity index (χ0) is 19.6. The van der Waals surface area contributed by atoms with E-state index in [4.69, 9.17) is 9.47 Å². The first-order valence-electron chi connectivity index (χ1n) is 7.22. The molecule has 0 bridgehead atoms. The van der Waals surface area contributed by atoms with Gasteiger partial charge in [-0.3, -0.25) is 25.0 Å². The molecule has 12 nitrogen and oxygen atoms in total. The lowest BCUT2D eigenvalue weighted by molar-refractivity contribution is -0.396. The van der Waals surface area contributed by atoms with Crippen LogP contribution in [0.5, 0.6) is 0 Å². The number of ether oxygens (including phenoxy) is 2. The number of rotatable bonds is 13. The van der Waals surface area contributed by atoms with Crippen LogP contribution >= 0.6 is 0 Å². The molecule has 1 aromatic carbocycles. The van der Waals surface area contributed by atoms with Crippen LogP contribution in [-0.4, -0.2) is 57.5 Å². The second-order valence-corrected chi connectivity index (χ2v) is 6.42. The van der Waals surface area contributed by atoms with Crippen LogP contribution in [0.15, 0.2) is 23.1 Å². The smallest absolute Gasteiger partial charge is 0.296 e. The molecule has 0 amide bonds. The molecule has 1 N–H and O–H groups in total. The van der Waals surface area contributed by atoms with Gasteiger partial charge in [-0.15, -0.1) is 0 Å². The van der Waals surface area contributed by atoms with E-state index in [-0.39, 0.29) is 39.4 Å². The summed E-state index contributed by atoms with van der Waals surface area (Å²) in [5, 5.41) is 21.7. The molecule has 0 aliphatic carbocycles. The zero-order valence-electron chi connectivity index (χ0n) is 13.5. The van der Waals surface area contributed by atoms with Gasteiger partial charge in [0.2, 0.25) is 16.3 Å². The Labute approximate surface area is 148 Å². The molecule has 0 heterocycles. The summed E-state index contributed by atoms with van der Waals surface area (Å²) in [4.78, 5) is 29.0.